The van der Waals surface area contributed by atoms with Crippen molar-refractivity contribution in [3.8, 4) is 0 Å². The molecule has 2 aromatic rings. The summed E-state index contributed by atoms with van der Waals surface area (Å²) in [4.78, 5) is 46.4. The Balaban J connectivity index is 1.41. The number of pyridine rings is 1. The first-order valence-electron chi connectivity index (χ1n) is 10.1. The second-order valence-corrected chi connectivity index (χ2v) is 8.95. The quantitative estimate of drug-likeness (QED) is 0.602. The van der Waals surface area contributed by atoms with Gasteiger partial charge in [0.05, 0.1) is 23.5 Å². The van der Waals surface area contributed by atoms with E-state index < -0.39 is 23.4 Å². The maximum atomic E-state index is 15.0. The Labute approximate surface area is 203 Å². The van der Waals surface area contributed by atoms with Crippen LogP contribution in [-0.2, 0) is 4.74 Å². The fourth-order valence-corrected chi connectivity index (χ4v) is 4.26. The number of rotatable bonds is 4. The third-order valence-corrected chi connectivity index (χ3v) is 6.38. The summed E-state index contributed by atoms with van der Waals surface area (Å²) in [7, 11) is 1.47. The molecule has 1 unspecified atom stereocenters. The Kier molecular flexibility index (Phi) is 6.75. The number of thiol groups is 1. The Bertz CT molecular complexity index is 1100. The molecule has 0 N–H and O–H groups in total. The van der Waals surface area contributed by atoms with Crippen molar-refractivity contribution in [2.75, 3.05) is 49.6 Å². The number of piperazine rings is 1. The van der Waals surface area contributed by atoms with Gasteiger partial charge in [0.25, 0.3) is 11.1 Å². The van der Waals surface area contributed by atoms with Crippen LogP contribution >= 0.6 is 28.6 Å². The topological polar surface area (TPSA) is 86.3 Å². The fraction of sp³-hybridized carbons (Fsp3) is 0.333. The molecule has 1 atom stereocenters. The van der Waals surface area contributed by atoms with E-state index in [0.717, 1.165) is 4.47 Å². The van der Waals surface area contributed by atoms with Gasteiger partial charge in [-0.05, 0) is 40.2 Å². The Morgan fingerprint density at radius 3 is 2.58 bits per heavy atom. The lowest BCUT2D eigenvalue weighted by atomic mass is 10.2. The number of cyclic esters (lactones) is 1. The minimum Gasteiger partial charge on any atom is -0.423 e. The minimum atomic E-state index is -0.795. The number of carbonyl (C=O) groups excluding carboxylic acids is 3. The minimum absolute atomic E-state index is 0.0751. The number of hydrogen-bond donors (Lipinski definition) is 1. The molecule has 2 aliphatic rings. The molecule has 0 radical (unpaired) electrons. The molecule has 12 heteroatoms. The van der Waals surface area contributed by atoms with Crippen molar-refractivity contribution in [1.82, 2.24) is 14.8 Å². The first kappa shape index (κ1) is 23.3. The molecule has 0 spiro atoms. The third kappa shape index (κ3) is 4.91. The van der Waals surface area contributed by atoms with Crippen molar-refractivity contribution >= 4 is 57.2 Å². The SMILES string of the molecule is CN(C(=O)S)C1CN(c2ccc(N3CCN(C(=O)c4cncc(Br)c4)CC3)c(F)c2)C(=O)O1. The van der Waals surface area contributed by atoms with E-state index in [4.69, 9.17) is 4.74 Å². The summed E-state index contributed by atoms with van der Waals surface area (Å²) in [6.07, 6.45) is 1.68. The normalized spacial score (nSPS) is 18.4. The molecule has 1 aromatic heterocycles. The summed E-state index contributed by atoms with van der Waals surface area (Å²) < 4.78 is 20.9. The van der Waals surface area contributed by atoms with Crippen LogP contribution in [0, 0.1) is 5.82 Å². The van der Waals surface area contributed by atoms with Crippen LogP contribution in [0.4, 0.5) is 25.4 Å². The van der Waals surface area contributed by atoms with Crippen molar-refractivity contribution < 1.29 is 23.5 Å². The summed E-state index contributed by atoms with van der Waals surface area (Å²) in [6.45, 7) is 1.89. The number of amides is 3. The molecule has 1 aromatic carbocycles. The summed E-state index contributed by atoms with van der Waals surface area (Å²) in [5, 5.41) is -0.537. The van der Waals surface area contributed by atoms with Gasteiger partial charge in [-0.15, -0.1) is 0 Å². The van der Waals surface area contributed by atoms with Crippen molar-refractivity contribution in [2.45, 2.75) is 6.23 Å². The van der Waals surface area contributed by atoms with Crippen molar-refractivity contribution in [1.29, 1.82) is 0 Å². The first-order valence-corrected chi connectivity index (χ1v) is 11.4. The molecule has 0 saturated carbocycles. The fourth-order valence-electron chi connectivity index (χ4n) is 3.77. The number of benzene rings is 1. The highest BCUT2D eigenvalue weighted by Gasteiger charge is 2.36. The molecule has 0 bridgehead atoms. The van der Waals surface area contributed by atoms with E-state index in [1.54, 1.807) is 29.3 Å². The van der Waals surface area contributed by atoms with Crippen LogP contribution in [-0.4, -0.2) is 78.0 Å². The number of likely N-dealkylation sites (N-methyl/N-ethyl adjacent to an activating group) is 1. The monoisotopic (exact) mass is 537 g/mol. The first-order chi connectivity index (χ1) is 15.7. The lowest BCUT2D eigenvalue weighted by Crippen LogP contribution is -2.49. The van der Waals surface area contributed by atoms with Gasteiger partial charge in [0.2, 0.25) is 0 Å². The van der Waals surface area contributed by atoms with Gasteiger partial charge in [-0.2, -0.15) is 0 Å². The highest BCUT2D eigenvalue weighted by atomic mass is 79.9. The third-order valence-electron chi connectivity index (χ3n) is 5.63. The predicted molar refractivity (Wildman–Crippen MR) is 126 cm³/mol. The van der Waals surface area contributed by atoms with Crippen LogP contribution in [0.5, 0.6) is 0 Å². The number of halogens is 2. The van der Waals surface area contributed by atoms with Gasteiger partial charge in [-0.3, -0.25) is 24.4 Å². The zero-order valence-electron chi connectivity index (χ0n) is 17.6. The Morgan fingerprint density at radius 2 is 1.94 bits per heavy atom. The van der Waals surface area contributed by atoms with Crippen molar-refractivity contribution in [2.24, 2.45) is 0 Å². The lowest BCUT2D eigenvalue weighted by molar-refractivity contribution is 0.0669. The van der Waals surface area contributed by atoms with Gasteiger partial charge in [-0.25, -0.2) is 9.18 Å². The second kappa shape index (κ2) is 9.56. The molecule has 3 amide bonds. The Morgan fingerprint density at radius 1 is 1.21 bits per heavy atom. The molecule has 3 heterocycles. The average Bonchev–Trinajstić information content (AvgIpc) is 3.19. The van der Waals surface area contributed by atoms with E-state index in [1.807, 2.05) is 4.90 Å². The van der Waals surface area contributed by atoms with Crippen LogP contribution < -0.4 is 9.80 Å². The number of carbonyl (C=O) groups is 3. The molecule has 0 aliphatic carbocycles. The molecular weight excluding hydrogens is 517 g/mol. The van der Waals surface area contributed by atoms with Crippen molar-refractivity contribution in [3.63, 3.8) is 0 Å². The molecule has 2 fully saturated rings. The smallest absolute Gasteiger partial charge is 0.416 e. The van der Waals surface area contributed by atoms with Crippen molar-refractivity contribution in [3.05, 3.63) is 52.5 Å². The van der Waals surface area contributed by atoms with Crippen LogP contribution in [0.25, 0.3) is 0 Å². The van der Waals surface area contributed by atoms with Gasteiger partial charge < -0.3 is 14.5 Å². The molecule has 2 aliphatic heterocycles. The van der Waals surface area contributed by atoms with Crippen LogP contribution in [0.1, 0.15) is 10.4 Å². The van der Waals surface area contributed by atoms with E-state index in [2.05, 4.69) is 33.5 Å². The average molecular weight is 538 g/mol. The van der Waals surface area contributed by atoms with E-state index in [9.17, 15) is 18.8 Å². The lowest BCUT2D eigenvalue weighted by Gasteiger charge is -2.36. The summed E-state index contributed by atoms with van der Waals surface area (Å²) in [5.74, 6) is -0.607. The highest BCUT2D eigenvalue weighted by molar-refractivity contribution is 9.10. The zero-order chi connectivity index (χ0) is 23.7. The number of aromatic nitrogens is 1. The van der Waals surface area contributed by atoms with Crippen LogP contribution in [0.3, 0.4) is 0 Å². The standard InChI is InChI=1S/C21H21BrFN5O4S/c1-25(21(31)33)18-12-28(20(30)32-18)15-2-3-17(16(23)9-15)26-4-6-27(7-5-26)19(29)13-8-14(22)11-24-10-13/h2-3,8-11,18H,4-7,12H2,1H3,(H,31,33). The van der Waals surface area contributed by atoms with Gasteiger partial charge >= 0.3 is 6.09 Å². The molecule has 4 rings (SSSR count). The number of ether oxygens (including phenoxy) is 1. The van der Waals surface area contributed by atoms with E-state index in [0.29, 0.717) is 43.1 Å². The number of nitrogens with zero attached hydrogens (tertiary/aromatic N) is 5. The van der Waals surface area contributed by atoms with Gasteiger partial charge in [0.1, 0.15) is 5.82 Å². The largest absolute Gasteiger partial charge is 0.423 e. The summed E-state index contributed by atoms with van der Waals surface area (Å²) in [5.41, 5.74) is 1.22. The molecule has 33 heavy (non-hydrogen) atoms. The zero-order valence-corrected chi connectivity index (χ0v) is 20.1. The van der Waals surface area contributed by atoms with Gasteiger partial charge in [-0.1, -0.05) is 12.6 Å². The van der Waals surface area contributed by atoms with Crippen LogP contribution in [0.2, 0.25) is 0 Å². The highest BCUT2D eigenvalue weighted by Crippen LogP contribution is 2.29. The van der Waals surface area contributed by atoms with E-state index in [1.165, 1.54) is 29.1 Å². The number of hydrogen-bond acceptors (Lipinski definition) is 6. The van der Waals surface area contributed by atoms with Crippen LogP contribution in [0.15, 0.2) is 41.1 Å². The molecule has 174 valence electrons. The maximum Gasteiger partial charge on any atom is 0.416 e. The molecule has 2 saturated heterocycles. The molecule has 9 nitrogen and oxygen atoms in total. The maximum absolute atomic E-state index is 15.0. The van der Waals surface area contributed by atoms with Gasteiger partial charge in [0, 0.05) is 50.1 Å². The molecular formula is C21H21BrFN5O4S. The Hall–Kier alpha value is -2.86. The van der Waals surface area contributed by atoms with Gasteiger partial charge in [0.15, 0.2) is 6.23 Å². The number of anilines is 2. The second-order valence-electron chi connectivity index (χ2n) is 7.65. The van der Waals surface area contributed by atoms with E-state index in [-0.39, 0.29) is 12.5 Å². The summed E-state index contributed by atoms with van der Waals surface area (Å²) in [6, 6.07) is 6.23. The van der Waals surface area contributed by atoms with E-state index >= 15 is 0 Å². The predicted octanol–water partition coefficient (Wildman–Crippen LogP) is 3.21. The summed E-state index contributed by atoms with van der Waals surface area (Å²) >= 11 is 7.05.